The fourth-order valence-corrected chi connectivity index (χ4v) is 1.87. The first-order valence-corrected chi connectivity index (χ1v) is 6.50. The highest BCUT2D eigenvalue weighted by Crippen LogP contribution is 2.21. The lowest BCUT2D eigenvalue weighted by Crippen LogP contribution is -2.23. The Labute approximate surface area is 116 Å². The van der Waals surface area contributed by atoms with Gasteiger partial charge < -0.3 is 15.7 Å². The predicted molar refractivity (Wildman–Crippen MR) is 72.7 cm³/mol. The van der Waals surface area contributed by atoms with Crippen LogP contribution in [-0.4, -0.2) is 29.6 Å². The molecule has 19 heavy (non-hydrogen) atoms. The molecule has 1 aromatic rings. The van der Waals surface area contributed by atoms with Crippen LogP contribution in [0.5, 0.6) is 0 Å². The lowest BCUT2D eigenvalue weighted by Gasteiger charge is -2.09. The van der Waals surface area contributed by atoms with Crippen LogP contribution in [0.3, 0.4) is 0 Å². The van der Waals surface area contributed by atoms with Crippen molar-refractivity contribution in [2.75, 3.05) is 11.9 Å². The van der Waals surface area contributed by atoms with Crippen LogP contribution < -0.4 is 10.6 Å². The SMILES string of the molecule is O=C(CCNC1CC1)Nc1cc(Cl)ccc1C(=O)O. The second kappa shape index (κ2) is 6.04. The molecule has 6 heteroatoms. The summed E-state index contributed by atoms with van der Waals surface area (Å²) in [5.41, 5.74) is 0.268. The molecule has 5 nitrogen and oxygen atoms in total. The predicted octanol–water partition coefficient (Wildman–Crippen LogP) is 2.12. The summed E-state index contributed by atoms with van der Waals surface area (Å²) in [6, 6.07) is 4.85. The number of hydrogen-bond donors (Lipinski definition) is 3. The number of nitrogens with one attached hydrogen (secondary N) is 2. The minimum Gasteiger partial charge on any atom is -0.478 e. The largest absolute Gasteiger partial charge is 0.478 e. The summed E-state index contributed by atoms with van der Waals surface area (Å²) in [6.45, 7) is 0.597. The summed E-state index contributed by atoms with van der Waals surface area (Å²) >= 11 is 5.80. The van der Waals surface area contributed by atoms with Crippen LogP contribution in [0.15, 0.2) is 18.2 Å². The van der Waals surface area contributed by atoms with Crippen LogP contribution >= 0.6 is 11.6 Å². The quantitative estimate of drug-likeness (QED) is 0.747. The van der Waals surface area contributed by atoms with E-state index in [2.05, 4.69) is 10.6 Å². The first kappa shape index (κ1) is 13.8. The van der Waals surface area contributed by atoms with Gasteiger partial charge in [0.1, 0.15) is 0 Å². The molecule has 0 aliphatic heterocycles. The monoisotopic (exact) mass is 282 g/mol. The van der Waals surface area contributed by atoms with E-state index < -0.39 is 5.97 Å². The average Bonchev–Trinajstić information content (AvgIpc) is 3.12. The Morgan fingerprint density at radius 2 is 2.11 bits per heavy atom. The molecule has 0 spiro atoms. The van der Waals surface area contributed by atoms with Crippen molar-refractivity contribution in [3.05, 3.63) is 28.8 Å². The maximum absolute atomic E-state index is 11.7. The molecule has 0 bridgehead atoms. The van der Waals surface area contributed by atoms with E-state index in [0.29, 0.717) is 24.0 Å². The second-order valence-corrected chi connectivity index (χ2v) is 4.96. The van der Waals surface area contributed by atoms with E-state index in [1.165, 1.54) is 31.0 Å². The molecule has 2 rings (SSSR count). The van der Waals surface area contributed by atoms with Gasteiger partial charge in [0, 0.05) is 24.0 Å². The van der Waals surface area contributed by atoms with Gasteiger partial charge >= 0.3 is 5.97 Å². The van der Waals surface area contributed by atoms with E-state index in [-0.39, 0.29) is 17.2 Å². The first-order chi connectivity index (χ1) is 9.06. The fourth-order valence-electron chi connectivity index (χ4n) is 1.70. The molecule has 0 radical (unpaired) electrons. The number of aromatic carboxylic acids is 1. The van der Waals surface area contributed by atoms with Crippen LogP contribution in [0.25, 0.3) is 0 Å². The van der Waals surface area contributed by atoms with Crippen LogP contribution in [-0.2, 0) is 4.79 Å². The molecule has 1 aliphatic rings. The summed E-state index contributed by atoms with van der Waals surface area (Å²) in [5, 5.41) is 15.2. The van der Waals surface area contributed by atoms with Crippen molar-refractivity contribution in [3.8, 4) is 0 Å². The standard InChI is InChI=1S/C13H15ClN2O3/c14-8-1-4-10(13(18)19)11(7-8)16-12(17)5-6-15-9-2-3-9/h1,4,7,9,15H,2-3,5-6H2,(H,16,17)(H,18,19). The van der Waals surface area contributed by atoms with Gasteiger partial charge in [-0.05, 0) is 31.0 Å². The Morgan fingerprint density at radius 1 is 1.37 bits per heavy atom. The van der Waals surface area contributed by atoms with Crippen LogP contribution in [0.4, 0.5) is 5.69 Å². The van der Waals surface area contributed by atoms with Gasteiger partial charge in [0.15, 0.2) is 0 Å². The highest BCUT2D eigenvalue weighted by atomic mass is 35.5. The Hall–Kier alpha value is -1.59. The highest BCUT2D eigenvalue weighted by molar-refractivity contribution is 6.31. The van der Waals surface area contributed by atoms with Crippen LogP contribution in [0, 0.1) is 0 Å². The van der Waals surface area contributed by atoms with Crippen molar-refractivity contribution in [2.24, 2.45) is 0 Å². The van der Waals surface area contributed by atoms with Crippen LogP contribution in [0.1, 0.15) is 29.6 Å². The van der Waals surface area contributed by atoms with Gasteiger partial charge in [0.25, 0.3) is 0 Å². The molecule has 0 heterocycles. The third kappa shape index (κ3) is 4.22. The zero-order valence-electron chi connectivity index (χ0n) is 10.3. The maximum atomic E-state index is 11.7. The molecular formula is C13H15ClN2O3. The Kier molecular flexibility index (Phi) is 4.39. The molecule has 1 fully saturated rings. The Morgan fingerprint density at radius 3 is 2.74 bits per heavy atom. The Balaban J connectivity index is 1.94. The number of amides is 1. The van der Waals surface area contributed by atoms with E-state index in [1.807, 2.05) is 0 Å². The van der Waals surface area contributed by atoms with Gasteiger partial charge in [0.05, 0.1) is 11.3 Å². The number of carbonyl (C=O) groups excluding carboxylic acids is 1. The summed E-state index contributed by atoms with van der Waals surface area (Å²) in [5.74, 6) is -1.32. The van der Waals surface area contributed by atoms with Gasteiger partial charge in [0.2, 0.25) is 5.91 Å². The number of carboxylic acid groups (broad SMARTS) is 1. The number of anilines is 1. The number of rotatable bonds is 6. The van der Waals surface area contributed by atoms with E-state index in [0.717, 1.165) is 0 Å². The van der Waals surface area contributed by atoms with Crippen molar-refractivity contribution >= 4 is 29.2 Å². The molecule has 0 unspecified atom stereocenters. The number of benzene rings is 1. The number of carbonyl (C=O) groups is 2. The molecule has 1 aromatic carbocycles. The van der Waals surface area contributed by atoms with E-state index in [1.54, 1.807) is 0 Å². The average molecular weight is 283 g/mol. The van der Waals surface area contributed by atoms with Crippen molar-refractivity contribution in [1.29, 1.82) is 0 Å². The third-order valence-electron chi connectivity index (χ3n) is 2.85. The van der Waals surface area contributed by atoms with Gasteiger partial charge in [-0.1, -0.05) is 11.6 Å². The minimum atomic E-state index is -1.09. The third-order valence-corrected chi connectivity index (χ3v) is 3.08. The molecule has 102 valence electrons. The lowest BCUT2D eigenvalue weighted by molar-refractivity contribution is -0.116. The minimum absolute atomic E-state index is 0.0351. The maximum Gasteiger partial charge on any atom is 0.337 e. The summed E-state index contributed by atoms with van der Waals surface area (Å²) in [6.07, 6.45) is 2.64. The molecule has 1 amide bonds. The van der Waals surface area contributed by atoms with Crippen LogP contribution in [0.2, 0.25) is 5.02 Å². The summed E-state index contributed by atoms with van der Waals surface area (Å²) in [7, 11) is 0. The van der Waals surface area contributed by atoms with Gasteiger partial charge in [-0.3, -0.25) is 4.79 Å². The van der Waals surface area contributed by atoms with E-state index in [9.17, 15) is 9.59 Å². The first-order valence-electron chi connectivity index (χ1n) is 6.12. The molecule has 0 atom stereocenters. The normalized spacial score (nSPS) is 14.2. The molecular weight excluding hydrogens is 268 g/mol. The molecule has 0 aromatic heterocycles. The molecule has 1 saturated carbocycles. The summed E-state index contributed by atoms with van der Waals surface area (Å²) in [4.78, 5) is 22.7. The zero-order valence-corrected chi connectivity index (χ0v) is 11.0. The van der Waals surface area contributed by atoms with Crippen molar-refractivity contribution in [1.82, 2.24) is 5.32 Å². The van der Waals surface area contributed by atoms with E-state index >= 15 is 0 Å². The van der Waals surface area contributed by atoms with E-state index in [4.69, 9.17) is 16.7 Å². The topological polar surface area (TPSA) is 78.4 Å². The van der Waals surface area contributed by atoms with Crippen molar-refractivity contribution in [2.45, 2.75) is 25.3 Å². The summed E-state index contributed by atoms with van der Waals surface area (Å²) < 4.78 is 0. The number of hydrogen-bond acceptors (Lipinski definition) is 3. The molecule has 1 aliphatic carbocycles. The van der Waals surface area contributed by atoms with Gasteiger partial charge in [-0.25, -0.2) is 4.79 Å². The number of carboxylic acids is 1. The van der Waals surface area contributed by atoms with Crippen molar-refractivity contribution in [3.63, 3.8) is 0 Å². The lowest BCUT2D eigenvalue weighted by atomic mass is 10.1. The molecule has 3 N–H and O–H groups in total. The smallest absolute Gasteiger partial charge is 0.337 e. The zero-order chi connectivity index (χ0) is 13.8. The van der Waals surface area contributed by atoms with Crippen molar-refractivity contribution < 1.29 is 14.7 Å². The number of halogens is 1. The fraction of sp³-hybridized carbons (Fsp3) is 0.385. The Bertz CT molecular complexity index is 501. The second-order valence-electron chi connectivity index (χ2n) is 4.52. The molecule has 0 saturated heterocycles. The highest BCUT2D eigenvalue weighted by Gasteiger charge is 2.20. The van der Waals surface area contributed by atoms with Gasteiger partial charge in [-0.15, -0.1) is 0 Å². The van der Waals surface area contributed by atoms with Gasteiger partial charge in [-0.2, -0.15) is 0 Å².